The smallest absolute Gasteiger partial charge is 0.00477 e. The Balaban J connectivity index is 2.07. The van der Waals surface area contributed by atoms with E-state index in [4.69, 9.17) is 5.73 Å². The lowest BCUT2D eigenvalue weighted by Gasteiger charge is -2.13. The van der Waals surface area contributed by atoms with Crippen LogP contribution in [0.15, 0.2) is 24.3 Å². The van der Waals surface area contributed by atoms with Gasteiger partial charge in [-0.2, -0.15) is 0 Å². The molecule has 1 aliphatic heterocycles. The van der Waals surface area contributed by atoms with Gasteiger partial charge in [0.15, 0.2) is 0 Å². The summed E-state index contributed by atoms with van der Waals surface area (Å²) in [5.74, 6) is 1.20. The van der Waals surface area contributed by atoms with Gasteiger partial charge >= 0.3 is 0 Å². The summed E-state index contributed by atoms with van der Waals surface area (Å²) in [5.41, 5.74) is 8.52. The van der Waals surface area contributed by atoms with Crippen molar-refractivity contribution in [3.63, 3.8) is 0 Å². The predicted molar refractivity (Wildman–Crippen MR) is 68.8 cm³/mol. The van der Waals surface area contributed by atoms with Gasteiger partial charge in [-0.05, 0) is 49.5 Å². The van der Waals surface area contributed by atoms with Crippen LogP contribution in [0.5, 0.6) is 0 Å². The standard InChI is InChI=1S/C14H22N2/c1-11(9-15)12-3-5-13(6-4-12)14-7-8-16(2)10-14/h3-6,11,14H,7-10,15H2,1-2H3. The maximum atomic E-state index is 5.68. The van der Waals surface area contributed by atoms with Gasteiger partial charge in [0.2, 0.25) is 0 Å². The third kappa shape index (κ3) is 2.45. The van der Waals surface area contributed by atoms with E-state index in [9.17, 15) is 0 Å². The Morgan fingerprint density at radius 3 is 2.56 bits per heavy atom. The molecule has 0 saturated carbocycles. The molecule has 1 saturated heterocycles. The number of likely N-dealkylation sites (tertiary alicyclic amines) is 1. The number of rotatable bonds is 3. The second kappa shape index (κ2) is 4.98. The average molecular weight is 218 g/mol. The lowest BCUT2D eigenvalue weighted by atomic mass is 9.94. The molecule has 1 fully saturated rings. The van der Waals surface area contributed by atoms with Crippen LogP contribution in [0, 0.1) is 0 Å². The molecular weight excluding hydrogens is 196 g/mol. The molecule has 2 nitrogen and oxygen atoms in total. The van der Waals surface area contributed by atoms with Crippen LogP contribution in [0.4, 0.5) is 0 Å². The van der Waals surface area contributed by atoms with Crippen molar-refractivity contribution < 1.29 is 0 Å². The first-order chi connectivity index (χ1) is 7.70. The van der Waals surface area contributed by atoms with Crippen molar-refractivity contribution in [3.8, 4) is 0 Å². The van der Waals surface area contributed by atoms with Crippen LogP contribution < -0.4 is 5.73 Å². The minimum atomic E-state index is 0.473. The maximum Gasteiger partial charge on any atom is 0.00477 e. The van der Waals surface area contributed by atoms with Gasteiger partial charge < -0.3 is 10.6 Å². The number of nitrogens with two attached hydrogens (primary N) is 1. The fraction of sp³-hybridized carbons (Fsp3) is 0.571. The summed E-state index contributed by atoms with van der Waals surface area (Å²) in [6.07, 6.45) is 1.29. The van der Waals surface area contributed by atoms with Crippen molar-refractivity contribution in [3.05, 3.63) is 35.4 Å². The molecule has 1 aromatic rings. The van der Waals surface area contributed by atoms with Crippen molar-refractivity contribution >= 4 is 0 Å². The van der Waals surface area contributed by atoms with Crippen LogP contribution in [0.3, 0.4) is 0 Å². The minimum Gasteiger partial charge on any atom is -0.330 e. The molecule has 0 aliphatic carbocycles. The highest BCUT2D eigenvalue weighted by Gasteiger charge is 2.20. The third-order valence-electron chi connectivity index (χ3n) is 3.72. The van der Waals surface area contributed by atoms with Crippen LogP contribution in [0.25, 0.3) is 0 Å². The molecule has 1 aromatic carbocycles. The Kier molecular flexibility index (Phi) is 3.62. The van der Waals surface area contributed by atoms with Crippen molar-refractivity contribution in [1.82, 2.24) is 4.90 Å². The first kappa shape index (κ1) is 11.6. The molecular formula is C14H22N2. The van der Waals surface area contributed by atoms with E-state index >= 15 is 0 Å². The van der Waals surface area contributed by atoms with E-state index in [0.717, 1.165) is 12.5 Å². The molecule has 2 unspecified atom stereocenters. The predicted octanol–water partition coefficient (Wildman–Crippen LogP) is 2.17. The number of hydrogen-bond donors (Lipinski definition) is 1. The van der Waals surface area contributed by atoms with Crippen LogP contribution in [0.2, 0.25) is 0 Å². The Hall–Kier alpha value is -0.860. The molecule has 2 N–H and O–H groups in total. The fourth-order valence-corrected chi connectivity index (χ4v) is 2.44. The van der Waals surface area contributed by atoms with Gasteiger partial charge in [-0.1, -0.05) is 31.2 Å². The molecule has 2 atom stereocenters. The van der Waals surface area contributed by atoms with Gasteiger partial charge in [0.1, 0.15) is 0 Å². The van der Waals surface area contributed by atoms with E-state index in [-0.39, 0.29) is 0 Å². The van der Waals surface area contributed by atoms with Gasteiger partial charge in [0.05, 0.1) is 0 Å². The molecule has 1 heterocycles. The summed E-state index contributed by atoms with van der Waals surface area (Å²) < 4.78 is 0. The summed E-state index contributed by atoms with van der Waals surface area (Å²) in [4.78, 5) is 2.40. The molecule has 2 heteroatoms. The minimum absolute atomic E-state index is 0.473. The zero-order chi connectivity index (χ0) is 11.5. The number of hydrogen-bond acceptors (Lipinski definition) is 2. The monoisotopic (exact) mass is 218 g/mol. The molecule has 1 aliphatic rings. The van der Waals surface area contributed by atoms with Gasteiger partial charge in [0, 0.05) is 6.54 Å². The van der Waals surface area contributed by atoms with E-state index in [1.54, 1.807) is 0 Å². The number of nitrogens with zero attached hydrogens (tertiary/aromatic N) is 1. The van der Waals surface area contributed by atoms with Crippen LogP contribution in [0.1, 0.15) is 36.3 Å². The zero-order valence-electron chi connectivity index (χ0n) is 10.3. The number of benzene rings is 1. The molecule has 0 radical (unpaired) electrons. The van der Waals surface area contributed by atoms with Crippen molar-refractivity contribution in [2.24, 2.45) is 5.73 Å². The van der Waals surface area contributed by atoms with Crippen LogP contribution >= 0.6 is 0 Å². The molecule has 0 spiro atoms. The van der Waals surface area contributed by atoms with Gasteiger partial charge in [-0.3, -0.25) is 0 Å². The quantitative estimate of drug-likeness (QED) is 0.842. The molecule has 16 heavy (non-hydrogen) atoms. The molecule has 88 valence electrons. The van der Waals surface area contributed by atoms with Crippen molar-refractivity contribution in [1.29, 1.82) is 0 Å². The highest BCUT2D eigenvalue weighted by molar-refractivity contribution is 5.28. The SMILES string of the molecule is CC(CN)c1ccc(C2CCN(C)C2)cc1. The maximum absolute atomic E-state index is 5.68. The number of likely N-dealkylation sites (N-methyl/N-ethyl adjacent to an activating group) is 1. The van der Waals surface area contributed by atoms with Crippen molar-refractivity contribution in [2.75, 3.05) is 26.7 Å². The molecule has 0 amide bonds. The van der Waals surface area contributed by atoms with Crippen LogP contribution in [-0.2, 0) is 0 Å². The average Bonchev–Trinajstić information content (AvgIpc) is 2.75. The molecule has 0 bridgehead atoms. The van der Waals surface area contributed by atoms with E-state index in [1.807, 2.05) is 0 Å². The lowest BCUT2D eigenvalue weighted by Crippen LogP contribution is -2.13. The normalized spacial score (nSPS) is 23.6. The summed E-state index contributed by atoms with van der Waals surface area (Å²) in [6.45, 7) is 5.33. The first-order valence-corrected chi connectivity index (χ1v) is 6.19. The molecule has 2 rings (SSSR count). The lowest BCUT2D eigenvalue weighted by molar-refractivity contribution is 0.411. The van der Waals surface area contributed by atoms with E-state index in [2.05, 4.69) is 43.1 Å². The summed E-state index contributed by atoms with van der Waals surface area (Å²) in [6, 6.07) is 9.05. The topological polar surface area (TPSA) is 29.3 Å². The summed E-state index contributed by atoms with van der Waals surface area (Å²) in [5, 5.41) is 0. The zero-order valence-corrected chi connectivity index (χ0v) is 10.3. The van der Waals surface area contributed by atoms with Crippen molar-refractivity contribution in [2.45, 2.75) is 25.2 Å². The Morgan fingerprint density at radius 2 is 2.06 bits per heavy atom. The van der Waals surface area contributed by atoms with Crippen LogP contribution in [-0.4, -0.2) is 31.6 Å². The Bertz CT molecular complexity index is 331. The Labute approximate surface area is 98.4 Å². The molecule has 0 aromatic heterocycles. The Morgan fingerprint density at radius 1 is 1.38 bits per heavy atom. The second-order valence-electron chi connectivity index (χ2n) is 5.05. The van der Waals surface area contributed by atoms with E-state index in [1.165, 1.54) is 30.6 Å². The first-order valence-electron chi connectivity index (χ1n) is 6.19. The van der Waals surface area contributed by atoms with Gasteiger partial charge in [-0.15, -0.1) is 0 Å². The third-order valence-corrected chi connectivity index (χ3v) is 3.72. The summed E-state index contributed by atoms with van der Waals surface area (Å²) in [7, 11) is 2.20. The summed E-state index contributed by atoms with van der Waals surface area (Å²) >= 11 is 0. The van der Waals surface area contributed by atoms with Gasteiger partial charge in [-0.25, -0.2) is 0 Å². The van der Waals surface area contributed by atoms with Gasteiger partial charge in [0.25, 0.3) is 0 Å². The highest BCUT2D eigenvalue weighted by Crippen LogP contribution is 2.27. The highest BCUT2D eigenvalue weighted by atomic mass is 15.1. The van der Waals surface area contributed by atoms with E-state index < -0.39 is 0 Å². The second-order valence-corrected chi connectivity index (χ2v) is 5.05. The largest absolute Gasteiger partial charge is 0.330 e. The fourth-order valence-electron chi connectivity index (χ4n) is 2.44. The van der Waals surface area contributed by atoms with E-state index in [0.29, 0.717) is 5.92 Å².